The van der Waals surface area contributed by atoms with Gasteiger partial charge in [0, 0.05) is 60.2 Å². The molecule has 0 bridgehead atoms. The van der Waals surface area contributed by atoms with Crippen molar-refractivity contribution in [2.45, 2.75) is 19.9 Å². The Morgan fingerprint density at radius 2 is 1.61 bits per heavy atom. The molecule has 1 amide bonds. The fourth-order valence-electron chi connectivity index (χ4n) is 4.66. The Bertz CT molecular complexity index is 1340. The number of benzene rings is 3. The van der Waals surface area contributed by atoms with E-state index in [-0.39, 0.29) is 11.9 Å². The Labute approximate surface area is 213 Å². The van der Waals surface area contributed by atoms with Crippen molar-refractivity contribution in [3.63, 3.8) is 0 Å². The minimum atomic E-state index is -0.0744. The number of carbonyl (C=O) groups excluding carboxylic acids is 1. The van der Waals surface area contributed by atoms with Gasteiger partial charge in [-0.25, -0.2) is 0 Å². The maximum absolute atomic E-state index is 12.5. The van der Waals surface area contributed by atoms with Crippen molar-refractivity contribution in [1.29, 1.82) is 0 Å². The first-order valence-corrected chi connectivity index (χ1v) is 12.6. The van der Waals surface area contributed by atoms with Crippen LogP contribution in [0.2, 0.25) is 0 Å². The number of hydrogen-bond donors (Lipinski definition) is 2. The van der Waals surface area contributed by atoms with Gasteiger partial charge >= 0.3 is 0 Å². The van der Waals surface area contributed by atoms with Gasteiger partial charge in [-0.05, 0) is 56.8 Å². The summed E-state index contributed by atoms with van der Waals surface area (Å²) in [5, 5.41) is 10.7. The minimum absolute atomic E-state index is 0.0744. The molecule has 0 spiro atoms. The highest BCUT2D eigenvalue weighted by molar-refractivity contribution is 5.95. The fraction of sp³-hybridized carbons (Fsp3) is 0.267. The van der Waals surface area contributed by atoms with Crippen LogP contribution in [0.25, 0.3) is 33.6 Å². The van der Waals surface area contributed by atoms with Crippen LogP contribution in [0.1, 0.15) is 24.2 Å². The van der Waals surface area contributed by atoms with E-state index in [2.05, 4.69) is 87.0 Å². The number of rotatable bonds is 6. The monoisotopic (exact) mass is 479 g/mol. The fourth-order valence-corrected chi connectivity index (χ4v) is 4.66. The Morgan fingerprint density at radius 1 is 0.861 bits per heavy atom. The van der Waals surface area contributed by atoms with Crippen LogP contribution in [0.3, 0.4) is 0 Å². The van der Waals surface area contributed by atoms with Crippen LogP contribution in [-0.2, 0) is 0 Å². The zero-order valence-corrected chi connectivity index (χ0v) is 21.2. The van der Waals surface area contributed by atoms with Gasteiger partial charge < -0.3 is 15.1 Å². The van der Waals surface area contributed by atoms with Crippen molar-refractivity contribution in [1.82, 2.24) is 20.4 Å². The molecule has 2 N–H and O–H groups in total. The van der Waals surface area contributed by atoms with Gasteiger partial charge in [-0.15, -0.1) is 0 Å². The molecule has 36 heavy (non-hydrogen) atoms. The number of likely N-dealkylation sites (N-methyl/N-ethyl adjacent to an activating group) is 1. The van der Waals surface area contributed by atoms with Gasteiger partial charge in [-0.1, -0.05) is 48.5 Å². The smallest absolute Gasteiger partial charge is 0.251 e. The van der Waals surface area contributed by atoms with Crippen LogP contribution in [0.5, 0.6) is 0 Å². The van der Waals surface area contributed by atoms with E-state index in [1.807, 2.05) is 38.1 Å². The van der Waals surface area contributed by atoms with Gasteiger partial charge in [0.1, 0.15) is 0 Å². The largest absolute Gasteiger partial charge is 0.368 e. The highest BCUT2D eigenvalue weighted by atomic mass is 16.1. The molecule has 0 unspecified atom stereocenters. The summed E-state index contributed by atoms with van der Waals surface area (Å²) in [5.41, 5.74) is 8.08. The molecule has 184 valence electrons. The molecule has 1 aliphatic heterocycles. The van der Waals surface area contributed by atoms with E-state index >= 15 is 0 Å². The predicted octanol–water partition coefficient (Wildman–Crippen LogP) is 5.30. The van der Waals surface area contributed by atoms with Crippen molar-refractivity contribution in [2.24, 2.45) is 0 Å². The van der Waals surface area contributed by atoms with Crippen LogP contribution < -0.4 is 10.2 Å². The zero-order valence-electron chi connectivity index (χ0n) is 21.2. The van der Waals surface area contributed by atoms with Crippen molar-refractivity contribution < 1.29 is 4.79 Å². The van der Waals surface area contributed by atoms with E-state index in [4.69, 9.17) is 0 Å². The Balaban J connectivity index is 1.47. The summed E-state index contributed by atoms with van der Waals surface area (Å²) < 4.78 is 0. The predicted molar refractivity (Wildman–Crippen MR) is 147 cm³/mol. The molecule has 6 heteroatoms. The van der Waals surface area contributed by atoms with Gasteiger partial charge in [-0.2, -0.15) is 5.10 Å². The van der Waals surface area contributed by atoms with Crippen LogP contribution >= 0.6 is 0 Å². The number of nitrogens with zero attached hydrogens (tertiary/aromatic N) is 3. The topological polar surface area (TPSA) is 64.3 Å². The standard InChI is InChI=1S/C30H33N5O/c1-21(2)31-30(36)25-11-7-10-23(18-25)27-20-28(33-32-27)24-12-13-29(35-16-14-34(3)15-17-35)26(19-24)22-8-5-4-6-9-22/h4-13,18-21H,14-17H2,1-3H3,(H,31,36)(H,32,33). The molecule has 0 radical (unpaired) electrons. The third-order valence-electron chi connectivity index (χ3n) is 6.65. The maximum Gasteiger partial charge on any atom is 0.251 e. The van der Waals surface area contributed by atoms with Crippen LogP contribution in [0.15, 0.2) is 78.9 Å². The molecule has 2 heterocycles. The van der Waals surface area contributed by atoms with E-state index in [1.54, 1.807) is 0 Å². The minimum Gasteiger partial charge on any atom is -0.368 e. The normalized spacial score (nSPS) is 14.3. The summed E-state index contributed by atoms with van der Waals surface area (Å²) in [5.74, 6) is -0.0744. The lowest BCUT2D eigenvalue weighted by molar-refractivity contribution is 0.0943. The second-order valence-electron chi connectivity index (χ2n) is 9.76. The number of hydrogen-bond acceptors (Lipinski definition) is 4. The van der Waals surface area contributed by atoms with E-state index < -0.39 is 0 Å². The summed E-state index contributed by atoms with van der Waals surface area (Å²) in [6, 6.07) is 27.0. The van der Waals surface area contributed by atoms with Gasteiger partial charge in [0.05, 0.1) is 11.4 Å². The van der Waals surface area contributed by atoms with Crippen molar-refractivity contribution in [2.75, 3.05) is 38.1 Å². The number of amides is 1. The number of H-pyrrole nitrogens is 1. The zero-order chi connectivity index (χ0) is 25.1. The third kappa shape index (κ3) is 5.19. The van der Waals surface area contributed by atoms with E-state index in [0.29, 0.717) is 5.56 Å². The molecule has 0 atom stereocenters. The summed E-state index contributed by atoms with van der Waals surface area (Å²) in [4.78, 5) is 17.3. The Hall–Kier alpha value is -3.90. The highest BCUT2D eigenvalue weighted by Gasteiger charge is 2.19. The number of aromatic nitrogens is 2. The van der Waals surface area contributed by atoms with Crippen molar-refractivity contribution in [3.05, 3.63) is 84.4 Å². The molecule has 1 aromatic heterocycles. The quantitative estimate of drug-likeness (QED) is 0.394. The molecule has 6 nitrogen and oxygen atoms in total. The molecular formula is C30H33N5O. The molecule has 4 aromatic rings. The summed E-state index contributed by atoms with van der Waals surface area (Å²) >= 11 is 0. The molecule has 3 aromatic carbocycles. The van der Waals surface area contributed by atoms with Gasteiger partial charge in [0.15, 0.2) is 0 Å². The Kier molecular flexibility index (Phi) is 6.87. The molecule has 1 aliphatic rings. The van der Waals surface area contributed by atoms with Gasteiger partial charge in [0.25, 0.3) is 5.91 Å². The third-order valence-corrected chi connectivity index (χ3v) is 6.65. The van der Waals surface area contributed by atoms with E-state index in [0.717, 1.165) is 48.7 Å². The second-order valence-corrected chi connectivity index (χ2v) is 9.76. The molecular weight excluding hydrogens is 446 g/mol. The van der Waals surface area contributed by atoms with Gasteiger partial charge in [-0.3, -0.25) is 9.89 Å². The molecule has 5 rings (SSSR count). The van der Waals surface area contributed by atoms with Crippen molar-refractivity contribution >= 4 is 11.6 Å². The lowest BCUT2D eigenvalue weighted by Gasteiger charge is -2.35. The van der Waals surface area contributed by atoms with Crippen LogP contribution in [0, 0.1) is 0 Å². The average Bonchev–Trinajstić information content (AvgIpc) is 3.40. The number of nitrogens with one attached hydrogen (secondary N) is 2. The maximum atomic E-state index is 12.5. The molecule has 1 saturated heterocycles. The lowest BCUT2D eigenvalue weighted by Crippen LogP contribution is -2.44. The number of carbonyl (C=O) groups is 1. The highest BCUT2D eigenvalue weighted by Crippen LogP contribution is 2.36. The lowest BCUT2D eigenvalue weighted by atomic mass is 9.98. The van der Waals surface area contributed by atoms with Crippen molar-refractivity contribution in [3.8, 4) is 33.6 Å². The molecule has 0 aliphatic carbocycles. The SMILES string of the molecule is CC(C)NC(=O)c1cccc(-c2cc(-c3ccc(N4CCN(C)CC4)c(-c4ccccc4)c3)[nH]n2)c1. The first-order chi connectivity index (χ1) is 17.5. The number of piperazine rings is 1. The first-order valence-electron chi connectivity index (χ1n) is 12.6. The van der Waals surface area contributed by atoms with Gasteiger partial charge in [0.2, 0.25) is 0 Å². The second kappa shape index (κ2) is 10.4. The summed E-state index contributed by atoms with van der Waals surface area (Å²) in [6.45, 7) is 8.08. The summed E-state index contributed by atoms with van der Waals surface area (Å²) in [7, 11) is 2.18. The van der Waals surface area contributed by atoms with E-state index in [1.165, 1.54) is 16.8 Å². The summed E-state index contributed by atoms with van der Waals surface area (Å²) in [6.07, 6.45) is 0. The Morgan fingerprint density at radius 3 is 2.36 bits per heavy atom. The number of aromatic amines is 1. The van der Waals surface area contributed by atoms with Crippen LogP contribution in [-0.4, -0.2) is 60.3 Å². The molecule has 1 fully saturated rings. The molecule has 0 saturated carbocycles. The first kappa shape index (κ1) is 23.8. The average molecular weight is 480 g/mol. The van der Waals surface area contributed by atoms with Crippen LogP contribution in [0.4, 0.5) is 5.69 Å². The number of anilines is 1. The van der Waals surface area contributed by atoms with E-state index in [9.17, 15) is 4.79 Å².